The number of para-hydroxylation sites is 1. The zero-order chi connectivity index (χ0) is 18.5. The number of rotatable bonds is 2. The Bertz CT molecular complexity index is 1160. The van der Waals surface area contributed by atoms with Crippen molar-refractivity contribution < 1.29 is 4.79 Å². The van der Waals surface area contributed by atoms with Crippen molar-refractivity contribution in [2.45, 2.75) is 25.8 Å². The van der Waals surface area contributed by atoms with Crippen molar-refractivity contribution in [1.82, 2.24) is 14.9 Å². The molecule has 5 nitrogen and oxygen atoms in total. The molecule has 0 spiro atoms. The third-order valence-corrected chi connectivity index (χ3v) is 5.72. The Morgan fingerprint density at radius 3 is 2.72 bits per heavy atom. The molecular formula is C22H24Cl2N4O. The number of hydrogen-bond donors (Lipinski definition) is 2. The van der Waals surface area contributed by atoms with E-state index in [0.717, 1.165) is 47.4 Å². The van der Waals surface area contributed by atoms with E-state index in [-0.39, 0.29) is 36.8 Å². The lowest BCUT2D eigenvalue weighted by Crippen LogP contribution is -2.35. The summed E-state index contributed by atoms with van der Waals surface area (Å²) in [5, 5.41) is 8.63. The molecule has 3 aliphatic rings. The van der Waals surface area contributed by atoms with Gasteiger partial charge in [0.05, 0.1) is 11.6 Å². The highest BCUT2D eigenvalue weighted by atomic mass is 35.5. The van der Waals surface area contributed by atoms with Crippen LogP contribution in [0.3, 0.4) is 0 Å². The molecule has 29 heavy (non-hydrogen) atoms. The predicted octanol–water partition coefficient (Wildman–Crippen LogP) is 4.67. The predicted molar refractivity (Wildman–Crippen MR) is 124 cm³/mol. The van der Waals surface area contributed by atoms with Gasteiger partial charge < -0.3 is 15.2 Å². The molecule has 0 aliphatic carbocycles. The average molecular weight is 431 g/mol. The molecular weight excluding hydrogens is 407 g/mol. The Morgan fingerprint density at radius 1 is 1.17 bits per heavy atom. The molecule has 1 atom stereocenters. The summed E-state index contributed by atoms with van der Waals surface area (Å²) in [6.45, 7) is 3.07. The average Bonchev–Trinajstić information content (AvgIpc) is 3.34. The van der Waals surface area contributed by atoms with E-state index < -0.39 is 0 Å². The number of nitrogens with one attached hydrogen (secondary N) is 2. The van der Waals surface area contributed by atoms with E-state index in [0.29, 0.717) is 0 Å². The van der Waals surface area contributed by atoms with Gasteiger partial charge in [0.25, 0.3) is 0 Å². The Morgan fingerprint density at radius 2 is 1.97 bits per heavy atom. The standard InChI is InChI=1S/C22H22N4O.2ClH/c1-13-15-6-3-4-8-19(15)26(2)21-20(13)16-12-14(9-10-17(16)25-21)24-22(27)18-7-5-11-23-18;;/h3-4,6,8-10,12,18,23H,5,7,11H2,1-2H3,(H,24,27);2*1H/t18-;;/m0../s1. The Labute approximate surface area is 182 Å². The molecule has 0 unspecified atom stereocenters. The summed E-state index contributed by atoms with van der Waals surface area (Å²) in [5.41, 5.74) is 5.33. The van der Waals surface area contributed by atoms with Crippen molar-refractivity contribution in [2.24, 2.45) is 7.05 Å². The van der Waals surface area contributed by atoms with Crippen LogP contribution in [0.25, 0.3) is 33.2 Å². The molecule has 7 heteroatoms. The monoisotopic (exact) mass is 430 g/mol. The SMILES string of the molecule is Cc1c2c3cc(NC(=O)[C@@H]4CCCN4)ccc3nc-2n(C)c2ccccc12.Cl.Cl. The van der Waals surface area contributed by atoms with Crippen molar-refractivity contribution in [2.75, 3.05) is 11.9 Å². The van der Waals surface area contributed by atoms with Crippen molar-refractivity contribution in [3.63, 3.8) is 0 Å². The fourth-order valence-corrected chi connectivity index (χ4v) is 4.28. The number of pyridine rings is 1. The number of hydrogen-bond acceptors (Lipinski definition) is 3. The Balaban J connectivity index is 0.00000120. The molecule has 0 aromatic heterocycles. The molecule has 0 bridgehead atoms. The van der Waals surface area contributed by atoms with Gasteiger partial charge in [-0.05, 0) is 56.1 Å². The maximum Gasteiger partial charge on any atom is 0.241 e. The van der Waals surface area contributed by atoms with Crippen LogP contribution in [-0.4, -0.2) is 28.0 Å². The van der Waals surface area contributed by atoms with Crippen molar-refractivity contribution >= 4 is 58.2 Å². The van der Waals surface area contributed by atoms with E-state index in [1.807, 2.05) is 12.1 Å². The summed E-state index contributed by atoms with van der Waals surface area (Å²) in [5.74, 6) is 1.02. The Kier molecular flexibility index (Phi) is 6.03. The molecule has 3 heterocycles. The van der Waals surface area contributed by atoms with E-state index in [2.05, 4.69) is 59.5 Å². The number of benzene rings is 2. The van der Waals surface area contributed by atoms with Crippen LogP contribution < -0.4 is 10.6 Å². The lowest BCUT2D eigenvalue weighted by molar-refractivity contribution is -0.117. The zero-order valence-corrected chi connectivity index (χ0v) is 18.0. The number of carbonyl (C=O) groups is 1. The van der Waals surface area contributed by atoms with Gasteiger partial charge in [-0.2, -0.15) is 0 Å². The number of carbonyl (C=O) groups excluding carboxylic acids is 1. The van der Waals surface area contributed by atoms with E-state index in [9.17, 15) is 4.79 Å². The summed E-state index contributed by atoms with van der Waals surface area (Å²) in [4.78, 5) is 17.3. The van der Waals surface area contributed by atoms with Gasteiger partial charge in [-0.15, -0.1) is 24.8 Å². The highest BCUT2D eigenvalue weighted by molar-refractivity contribution is 6.06. The quantitative estimate of drug-likeness (QED) is 0.485. The number of aryl methyl sites for hydroxylation is 2. The molecule has 3 aliphatic heterocycles. The van der Waals surface area contributed by atoms with Crippen LogP contribution in [0, 0.1) is 6.92 Å². The van der Waals surface area contributed by atoms with Crippen LogP contribution in [0.5, 0.6) is 0 Å². The van der Waals surface area contributed by atoms with Crippen LogP contribution in [0.1, 0.15) is 18.4 Å². The molecule has 0 saturated carbocycles. The number of nitrogens with zero attached hydrogens (tertiary/aromatic N) is 2. The van der Waals surface area contributed by atoms with Gasteiger partial charge >= 0.3 is 0 Å². The number of halogens is 2. The number of aromatic nitrogens is 2. The fourth-order valence-electron chi connectivity index (χ4n) is 4.28. The minimum atomic E-state index is -0.0845. The summed E-state index contributed by atoms with van der Waals surface area (Å²) in [6, 6.07) is 14.3. The van der Waals surface area contributed by atoms with Gasteiger partial charge in [-0.3, -0.25) is 4.79 Å². The van der Waals surface area contributed by atoms with Gasteiger partial charge in [0.2, 0.25) is 5.91 Å². The molecule has 152 valence electrons. The molecule has 2 aromatic rings. The van der Waals surface area contributed by atoms with Gasteiger partial charge in [0.1, 0.15) is 5.82 Å². The number of anilines is 1. The van der Waals surface area contributed by atoms with E-state index in [1.165, 1.54) is 16.5 Å². The van der Waals surface area contributed by atoms with E-state index in [1.54, 1.807) is 0 Å². The first-order valence-corrected chi connectivity index (χ1v) is 9.45. The van der Waals surface area contributed by atoms with Crippen molar-refractivity contribution in [3.05, 3.63) is 48.0 Å². The third-order valence-electron chi connectivity index (χ3n) is 5.72. The first kappa shape index (κ1) is 21.4. The normalized spacial score (nSPS) is 16.0. The summed E-state index contributed by atoms with van der Waals surface area (Å²) >= 11 is 0. The summed E-state index contributed by atoms with van der Waals surface area (Å²) in [7, 11) is 2.06. The zero-order valence-electron chi connectivity index (χ0n) is 16.4. The molecule has 2 aromatic carbocycles. The molecule has 2 N–H and O–H groups in total. The number of fused-ring (bicyclic) bond motifs is 4. The summed E-state index contributed by atoms with van der Waals surface area (Å²) < 4.78 is 2.15. The number of amides is 1. The lowest BCUT2D eigenvalue weighted by atomic mass is 10.00. The van der Waals surface area contributed by atoms with Crippen LogP contribution in [0.2, 0.25) is 0 Å². The van der Waals surface area contributed by atoms with Gasteiger partial charge in [-0.25, -0.2) is 4.98 Å². The minimum Gasteiger partial charge on any atom is -0.328 e. The topological polar surface area (TPSA) is 59.0 Å². The lowest BCUT2D eigenvalue weighted by Gasteiger charge is -2.15. The molecule has 5 rings (SSSR count). The maximum absolute atomic E-state index is 12.5. The van der Waals surface area contributed by atoms with Gasteiger partial charge in [0, 0.05) is 34.6 Å². The van der Waals surface area contributed by atoms with Crippen LogP contribution >= 0.6 is 24.8 Å². The van der Waals surface area contributed by atoms with E-state index in [4.69, 9.17) is 4.98 Å². The molecule has 1 fully saturated rings. The highest BCUT2D eigenvalue weighted by Gasteiger charge is 2.23. The van der Waals surface area contributed by atoms with Crippen molar-refractivity contribution in [1.29, 1.82) is 0 Å². The van der Waals surface area contributed by atoms with Gasteiger partial charge in [0.15, 0.2) is 0 Å². The van der Waals surface area contributed by atoms with Crippen LogP contribution in [0.15, 0.2) is 42.5 Å². The highest BCUT2D eigenvalue weighted by Crippen LogP contribution is 2.38. The largest absolute Gasteiger partial charge is 0.328 e. The second-order valence-electron chi connectivity index (χ2n) is 7.38. The fraction of sp³-hybridized carbons (Fsp3) is 0.273. The second-order valence-corrected chi connectivity index (χ2v) is 7.38. The first-order chi connectivity index (χ1) is 13.1. The van der Waals surface area contributed by atoms with Crippen LogP contribution in [-0.2, 0) is 11.8 Å². The van der Waals surface area contributed by atoms with Crippen molar-refractivity contribution in [3.8, 4) is 11.4 Å². The smallest absolute Gasteiger partial charge is 0.241 e. The Hall–Kier alpha value is -2.34. The minimum absolute atomic E-state index is 0. The first-order valence-electron chi connectivity index (χ1n) is 9.45. The molecule has 0 radical (unpaired) electrons. The van der Waals surface area contributed by atoms with Gasteiger partial charge in [-0.1, -0.05) is 18.2 Å². The molecule has 1 amide bonds. The third kappa shape index (κ3) is 3.44. The van der Waals surface area contributed by atoms with E-state index >= 15 is 0 Å². The second kappa shape index (κ2) is 8.19. The summed E-state index contributed by atoms with van der Waals surface area (Å²) in [6.07, 6.45) is 1.95. The molecule has 1 saturated heterocycles. The maximum atomic E-state index is 12.5. The van der Waals surface area contributed by atoms with Crippen LogP contribution in [0.4, 0.5) is 5.69 Å².